The lowest BCUT2D eigenvalue weighted by atomic mass is 10.1. The summed E-state index contributed by atoms with van der Waals surface area (Å²) in [4.78, 5) is 49.5. The second kappa shape index (κ2) is 15.1. The number of hydrogen-bond acceptors (Lipinski definition) is 6. The number of aliphatic carboxylic acids is 1. The summed E-state index contributed by atoms with van der Waals surface area (Å²) in [7, 11) is 0. The minimum Gasteiger partial charge on any atom is -0.478 e. The number of carbonyl (C=O) groups excluding carboxylic acids is 2. The van der Waals surface area contributed by atoms with E-state index in [1.165, 1.54) is 6.07 Å². The number of carbonyl (C=O) groups is 4. The van der Waals surface area contributed by atoms with Gasteiger partial charge >= 0.3 is 18.1 Å². The Balaban J connectivity index is 0.000000708. The van der Waals surface area contributed by atoms with Crippen LogP contribution in [0.15, 0.2) is 42.5 Å². The molecule has 0 bridgehead atoms. The van der Waals surface area contributed by atoms with Crippen molar-refractivity contribution in [1.82, 2.24) is 10.2 Å². The summed E-state index contributed by atoms with van der Waals surface area (Å²) in [6.07, 6.45) is -3.08. The van der Waals surface area contributed by atoms with Gasteiger partial charge < -0.3 is 25.7 Å². The van der Waals surface area contributed by atoms with Crippen molar-refractivity contribution >= 4 is 46.7 Å². The lowest BCUT2D eigenvalue weighted by Gasteiger charge is -2.36. The zero-order valence-corrected chi connectivity index (χ0v) is 22.4. The van der Waals surface area contributed by atoms with E-state index in [1.807, 2.05) is 4.90 Å². The van der Waals surface area contributed by atoms with Crippen molar-refractivity contribution in [2.24, 2.45) is 0 Å². The molecule has 40 heavy (non-hydrogen) atoms. The maximum Gasteiger partial charge on any atom is 0.490 e. The number of halogens is 4. The topological polar surface area (TPSA) is 139 Å². The summed E-state index contributed by atoms with van der Waals surface area (Å²) < 4.78 is 31.7. The lowest BCUT2D eigenvalue weighted by Crippen LogP contribution is -2.49. The van der Waals surface area contributed by atoms with Crippen molar-refractivity contribution < 1.29 is 42.6 Å². The molecule has 14 heteroatoms. The van der Waals surface area contributed by atoms with Gasteiger partial charge in [0.05, 0.1) is 28.4 Å². The number of rotatable bonds is 9. The highest BCUT2D eigenvalue weighted by atomic mass is 35.5. The third kappa shape index (κ3) is 10.0. The molecule has 218 valence electrons. The van der Waals surface area contributed by atoms with Crippen LogP contribution in [-0.2, 0) is 9.59 Å². The zero-order valence-electron chi connectivity index (χ0n) is 21.6. The molecule has 1 fully saturated rings. The van der Waals surface area contributed by atoms with Gasteiger partial charge in [0.1, 0.15) is 0 Å². The van der Waals surface area contributed by atoms with Gasteiger partial charge in [-0.15, -0.1) is 0 Å². The molecule has 4 N–H and O–H groups in total. The molecule has 3 rings (SSSR count). The maximum absolute atomic E-state index is 12.5. The van der Waals surface area contributed by atoms with Crippen LogP contribution in [0.2, 0.25) is 5.02 Å². The number of nitrogens with one attached hydrogen (secondary N) is 2. The summed E-state index contributed by atoms with van der Waals surface area (Å²) in [6, 6.07) is 11.5. The Bertz CT molecular complexity index is 1200. The van der Waals surface area contributed by atoms with E-state index in [0.717, 1.165) is 12.8 Å². The molecule has 0 saturated carbocycles. The second-order valence-corrected chi connectivity index (χ2v) is 9.15. The summed E-state index contributed by atoms with van der Waals surface area (Å²) in [5, 5.41) is 22.8. The van der Waals surface area contributed by atoms with Crippen LogP contribution in [0.4, 0.5) is 24.5 Å². The van der Waals surface area contributed by atoms with E-state index in [2.05, 4.69) is 22.5 Å². The number of benzene rings is 2. The average Bonchev–Trinajstić information content (AvgIpc) is 2.89. The fourth-order valence-electron chi connectivity index (χ4n) is 3.72. The summed E-state index contributed by atoms with van der Waals surface area (Å²) >= 11 is 6.08. The van der Waals surface area contributed by atoms with Crippen LogP contribution >= 0.6 is 11.6 Å². The van der Waals surface area contributed by atoms with Gasteiger partial charge in [-0.2, -0.15) is 13.2 Å². The number of carboxylic acids is 2. The Morgan fingerprint density at radius 1 is 0.975 bits per heavy atom. The van der Waals surface area contributed by atoms with Crippen LogP contribution in [-0.4, -0.2) is 84.3 Å². The largest absolute Gasteiger partial charge is 0.490 e. The summed E-state index contributed by atoms with van der Waals surface area (Å²) in [5.41, 5.74) is 1.39. The maximum atomic E-state index is 12.5. The van der Waals surface area contributed by atoms with Gasteiger partial charge in [0.2, 0.25) is 5.91 Å². The fourth-order valence-corrected chi connectivity index (χ4v) is 3.94. The highest BCUT2D eigenvalue weighted by Gasteiger charge is 2.38. The van der Waals surface area contributed by atoms with E-state index in [9.17, 15) is 32.7 Å². The number of nitrogens with zero attached hydrogens (tertiary/aromatic N) is 2. The molecular weight excluding hydrogens is 557 g/mol. The third-order valence-electron chi connectivity index (χ3n) is 5.78. The SMILES string of the molecule is CCCCNC(=O)CN1CCN(c2ccc(NC(=O)c3ccccc3Cl)cc2C(=O)O)CC1.O=C(O)C(F)(F)F. The van der Waals surface area contributed by atoms with E-state index in [4.69, 9.17) is 21.5 Å². The van der Waals surface area contributed by atoms with Gasteiger partial charge in [0, 0.05) is 38.4 Å². The summed E-state index contributed by atoms with van der Waals surface area (Å²) in [5.74, 6) is -4.22. The fraction of sp³-hybridized carbons (Fsp3) is 0.385. The van der Waals surface area contributed by atoms with Gasteiger partial charge in [-0.1, -0.05) is 37.1 Å². The van der Waals surface area contributed by atoms with Crippen LogP contribution in [0.25, 0.3) is 0 Å². The molecule has 0 spiro atoms. The second-order valence-electron chi connectivity index (χ2n) is 8.74. The molecule has 0 aromatic heterocycles. The first-order valence-corrected chi connectivity index (χ1v) is 12.7. The Labute approximate surface area is 233 Å². The van der Waals surface area contributed by atoms with Gasteiger partial charge in [-0.05, 0) is 36.8 Å². The number of piperazine rings is 1. The van der Waals surface area contributed by atoms with Crippen molar-refractivity contribution in [3.05, 3.63) is 58.6 Å². The van der Waals surface area contributed by atoms with Crippen molar-refractivity contribution in [2.75, 3.05) is 49.5 Å². The molecule has 0 aliphatic carbocycles. The van der Waals surface area contributed by atoms with Gasteiger partial charge in [0.15, 0.2) is 0 Å². The van der Waals surface area contributed by atoms with Crippen LogP contribution < -0.4 is 15.5 Å². The average molecular weight is 587 g/mol. The van der Waals surface area contributed by atoms with Crippen molar-refractivity contribution in [2.45, 2.75) is 25.9 Å². The van der Waals surface area contributed by atoms with Gasteiger partial charge in [-0.3, -0.25) is 14.5 Å². The Kier molecular flexibility index (Phi) is 12.2. The van der Waals surface area contributed by atoms with Gasteiger partial charge in [0.25, 0.3) is 5.91 Å². The molecule has 0 radical (unpaired) electrons. The number of amides is 2. The van der Waals surface area contributed by atoms with E-state index in [-0.39, 0.29) is 11.5 Å². The number of alkyl halides is 3. The van der Waals surface area contributed by atoms with Crippen molar-refractivity contribution in [3.63, 3.8) is 0 Å². The van der Waals surface area contributed by atoms with Crippen LogP contribution in [0.1, 0.15) is 40.5 Å². The number of aromatic carboxylic acids is 1. The normalized spacial score (nSPS) is 13.6. The van der Waals surface area contributed by atoms with Crippen LogP contribution in [0.5, 0.6) is 0 Å². The summed E-state index contributed by atoms with van der Waals surface area (Å²) in [6.45, 7) is 5.64. The predicted molar refractivity (Wildman–Crippen MR) is 143 cm³/mol. The number of anilines is 2. The first-order chi connectivity index (χ1) is 18.8. The number of carboxylic acid groups (broad SMARTS) is 2. The lowest BCUT2D eigenvalue weighted by molar-refractivity contribution is -0.192. The molecule has 2 aromatic rings. The first kappa shape index (κ1) is 32.4. The molecule has 1 heterocycles. The standard InChI is InChI=1S/C24H29ClN4O4.C2HF3O2/c1-2-3-10-26-22(30)16-28-11-13-29(14-12-28)21-9-8-17(15-19(21)24(32)33)27-23(31)18-6-4-5-7-20(18)25;3-2(4,5)1(6)7/h4-9,15H,2-3,10-14,16H2,1H3,(H,26,30)(H,27,31)(H,32,33);(H,6,7). The van der Waals surface area contributed by atoms with Crippen molar-refractivity contribution in [3.8, 4) is 0 Å². The molecular formula is C26H30ClF3N4O6. The quantitative estimate of drug-likeness (QED) is 0.324. The predicted octanol–water partition coefficient (Wildman–Crippen LogP) is 3.96. The monoisotopic (exact) mass is 586 g/mol. The van der Waals surface area contributed by atoms with Crippen LogP contribution in [0, 0.1) is 0 Å². The molecule has 10 nitrogen and oxygen atoms in total. The molecule has 0 unspecified atom stereocenters. The number of unbranched alkanes of at least 4 members (excludes halogenated alkanes) is 1. The van der Waals surface area contributed by atoms with Crippen molar-refractivity contribution in [1.29, 1.82) is 0 Å². The van der Waals surface area contributed by atoms with Crippen LogP contribution in [0.3, 0.4) is 0 Å². The van der Waals surface area contributed by atoms with E-state index in [0.29, 0.717) is 61.2 Å². The molecule has 2 aromatic carbocycles. The molecule has 1 aliphatic heterocycles. The molecule has 1 saturated heterocycles. The smallest absolute Gasteiger partial charge is 0.478 e. The van der Waals surface area contributed by atoms with E-state index >= 15 is 0 Å². The van der Waals surface area contributed by atoms with Gasteiger partial charge in [-0.25, -0.2) is 9.59 Å². The zero-order chi connectivity index (χ0) is 29.9. The molecule has 2 amide bonds. The number of hydrogen-bond donors (Lipinski definition) is 4. The highest BCUT2D eigenvalue weighted by molar-refractivity contribution is 6.34. The Hall–Kier alpha value is -3.84. The highest BCUT2D eigenvalue weighted by Crippen LogP contribution is 2.26. The Morgan fingerprint density at radius 2 is 1.60 bits per heavy atom. The molecule has 0 atom stereocenters. The minimum absolute atomic E-state index is 0.0155. The van der Waals surface area contributed by atoms with E-state index in [1.54, 1.807) is 36.4 Å². The first-order valence-electron chi connectivity index (χ1n) is 12.3. The molecule has 1 aliphatic rings. The minimum atomic E-state index is -5.08. The third-order valence-corrected chi connectivity index (χ3v) is 6.11. The van der Waals surface area contributed by atoms with E-state index < -0.39 is 24.0 Å². The Morgan fingerprint density at radius 3 is 2.15 bits per heavy atom.